The van der Waals surface area contributed by atoms with Crippen molar-refractivity contribution in [3.8, 4) is 11.6 Å². The summed E-state index contributed by atoms with van der Waals surface area (Å²) in [7, 11) is 1.88. The molecule has 0 aliphatic heterocycles. The molecule has 1 aliphatic rings. The Kier molecular flexibility index (Phi) is 5.38. The molecule has 7 heteroatoms. The molecule has 0 spiro atoms. The molecule has 0 bridgehead atoms. The Morgan fingerprint density at radius 3 is 2.83 bits per heavy atom. The first-order valence-corrected chi connectivity index (χ1v) is 9.08. The van der Waals surface area contributed by atoms with Crippen LogP contribution in [-0.2, 0) is 11.8 Å². The van der Waals surface area contributed by atoms with E-state index >= 15 is 0 Å². The molecule has 1 saturated carbocycles. The quantitative estimate of drug-likeness (QED) is 0.672. The van der Waals surface area contributed by atoms with Crippen LogP contribution in [-0.4, -0.2) is 32.5 Å². The van der Waals surface area contributed by atoms with E-state index in [0.717, 1.165) is 12.8 Å². The first-order valence-electron chi connectivity index (χ1n) is 8.09. The maximum Gasteiger partial charge on any atom is 0.230 e. The van der Waals surface area contributed by atoms with Gasteiger partial charge in [0.15, 0.2) is 16.7 Å². The van der Waals surface area contributed by atoms with Crippen molar-refractivity contribution in [3.63, 3.8) is 0 Å². The van der Waals surface area contributed by atoms with Gasteiger partial charge in [-0.3, -0.25) is 4.79 Å². The van der Waals surface area contributed by atoms with Crippen molar-refractivity contribution in [3.05, 3.63) is 18.4 Å². The van der Waals surface area contributed by atoms with Crippen LogP contribution in [0.1, 0.15) is 38.5 Å². The molecular formula is C16H22N4O2S. The molecule has 124 valence electrons. The fourth-order valence-corrected chi connectivity index (χ4v) is 3.61. The Labute approximate surface area is 140 Å². The lowest BCUT2D eigenvalue weighted by atomic mass is 10.1. The summed E-state index contributed by atoms with van der Waals surface area (Å²) in [5.41, 5.74) is 0. The van der Waals surface area contributed by atoms with E-state index in [1.165, 1.54) is 37.4 Å². The number of thioether (sulfide) groups is 1. The molecule has 1 N–H and O–H groups in total. The second kappa shape index (κ2) is 7.68. The fraction of sp³-hybridized carbons (Fsp3) is 0.562. The number of carbonyl (C=O) groups excluding carboxylic acids is 1. The van der Waals surface area contributed by atoms with Crippen molar-refractivity contribution < 1.29 is 9.21 Å². The molecule has 0 radical (unpaired) electrons. The Morgan fingerprint density at radius 2 is 2.13 bits per heavy atom. The van der Waals surface area contributed by atoms with Crippen LogP contribution in [0.25, 0.3) is 11.6 Å². The predicted molar refractivity (Wildman–Crippen MR) is 89.1 cm³/mol. The number of hydrogen-bond donors (Lipinski definition) is 1. The standard InChI is InChI=1S/C16H22N4O2S/c1-20-15(13-9-6-10-22-13)18-19-16(20)23-11-14(21)17-12-7-4-2-3-5-8-12/h6,9-10,12H,2-5,7-8,11H2,1H3,(H,17,21). The number of nitrogens with zero attached hydrogens (tertiary/aromatic N) is 3. The van der Waals surface area contributed by atoms with E-state index in [1.807, 2.05) is 23.7 Å². The monoisotopic (exact) mass is 334 g/mol. The van der Waals surface area contributed by atoms with Crippen LogP contribution in [0.2, 0.25) is 0 Å². The summed E-state index contributed by atoms with van der Waals surface area (Å²) in [4.78, 5) is 12.1. The smallest absolute Gasteiger partial charge is 0.230 e. The summed E-state index contributed by atoms with van der Waals surface area (Å²) in [5, 5.41) is 12.1. The Bertz CT molecular complexity index is 631. The van der Waals surface area contributed by atoms with Crippen molar-refractivity contribution >= 4 is 17.7 Å². The molecular weight excluding hydrogens is 312 g/mol. The predicted octanol–water partition coefficient (Wildman–Crippen LogP) is 3.01. The van der Waals surface area contributed by atoms with E-state index in [-0.39, 0.29) is 5.91 Å². The SMILES string of the molecule is Cn1c(SCC(=O)NC2CCCCCC2)nnc1-c1ccco1. The number of carbonyl (C=O) groups is 1. The highest BCUT2D eigenvalue weighted by atomic mass is 32.2. The van der Waals surface area contributed by atoms with Crippen molar-refractivity contribution in [2.75, 3.05) is 5.75 Å². The topological polar surface area (TPSA) is 73.0 Å². The molecule has 0 atom stereocenters. The van der Waals surface area contributed by atoms with Gasteiger partial charge in [-0.2, -0.15) is 0 Å². The van der Waals surface area contributed by atoms with Gasteiger partial charge in [-0.15, -0.1) is 10.2 Å². The minimum Gasteiger partial charge on any atom is -0.461 e. The first-order chi connectivity index (χ1) is 11.2. The molecule has 2 heterocycles. The molecule has 0 aromatic carbocycles. The van der Waals surface area contributed by atoms with E-state index in [9.17, 15) is 4.79 Å². The third kappa shape index (κ3) is 4.16. The molecule has 1 aliphatic carbocycles. The van der Waals surface area contributed by atoms with Gasteiger partial charge in [-0.05, 0) is 25.0 Å². The number of hydrogen-bond acceptors (Lipinski definition) is 5. The average Bonchev–Trinajstić information content (AvgIpc) is 3.11. The second-order valence-corrected chi connectivity index (χ2v) is 6.83. The molecule has 2 aromatic rings. The number of nitrogens with one attached hydrogen (secondary N) is 1. The van der Waals surface area contributed by atoms with E-state index in [1.54, 1.807) is 6.26 Å². The van der Waals surface area contributed by atoms with Crippen molar-refractivity contribution in [1.29, 1.82) is 0 Å². The van der Waals surface area contributed by atoms with Crippen LogP contribution in [0.3, 0.4) is 0 Å². The van der Waals surface area contributed by atoms with Crippen LogP contribution < -0.4 is 5.32 Å². The molecule has 6 nitrogen and oxygen atoms in total. The number of aromatic nitrogens is 3. The zero-order valence-electron chi connectivity index (χ0n) is 13.3. The maximum atomic E-state index is 12.1. The van der Waals surface area contributed by atoms with Crippen LogP contribution in [0, 0.1) is 0 Å². The Balaban J connectivity index is 1.53. The van der Waals surface area contributed by atoms with Crippen LogP contribution in [0.15, 0.2) is 28.0 Å². The van der Waals surface area contributed by atoms with Crippen LogP contribution >= 0.6 is 11.8 Å². The van der Waals surface area contributed by atoms with Crippen LogP contribution in [0.5, 0.6) is 0 Å². The van der Waals surface area contributed by atoms with Gasteiger partial charge in [0.2, 0.25) is 5.91 Å². The van der Waals surface area contributed by atoms with Gasteiger partial charge in [0.25, 0.3) is 0 Å². The summed E-state index contributed by atoms with van der Waals surface area (Å²) >= 11 is 1.40. The molecule has 23 heavy (non-hydrogen) atoms. The molecule has 2 aromatic heterocycles. The van der Waals surface area contributed by atoms with Gasteiger partial charge in [0.1, 0.15) is 0 Å². The number of rotatable bonds is 5. The lowest BCUT2D eigenvalue weighted by Gasteiger charge is -2.15. The van der Waals surface area contributed by atoms with E-state index in [4.69, 9.17) is 4.42 Å². The summed E-state index contributed by atoms with van der Waals surface area (Å²) < 4.78 is 7.19. The third-order valence-electron chi connectivity index (χ3n) is 4.13. The van der Waals surface area contributed by atoms with E-state index < -0.39 is 0 Å². The van der Waals surface area contributed by atoms with E-state index in [2.05, 4.69) is 15.5 Å². The highest BCUT2D eigenvalue weighted by Gasteiger charge is 2.17. The van der Waals surface area contributed by atoms with Gasteiger partial charge in [0.05, 0.1) is 12.0 Å². The summed E-state index contributed by atoms with van der Waals surface area (Å²) in [6.07, 6.45) is 8.82. The van der Waals surface area contributed by atoms with Crippen molar-refractivity contribution in [1.82, 2.24) is 20.1 Å². The van der Waals surface area contributed by atoms with Gasteiger partial charge < -0.3 is 14.3 Å². The lowest BCUT2D eigenvalue weighted by Crippen LogP contribution is -2.35. The Hall–Kier alpha value is -1.76. The average molecular weight is 334 g/mol. The van der Waals surface area contributed by atoms with Crippen molar-refractivity contribution in [2.24, 2.45) is 7.05 Å². The third-order valence-corrected chi connectivity index (χ3v) is 5.15. The molecule has 1 fully saturated rings. The highest BCUT2D eigenvalue weighted by molar-refractivity contribution is 7.99. The number of furan rings is 1. The second-order valence-electron chi connectivity index (χ2n) is 5.89. The van der Waals surface area contributed by atoms with Gasteiger partial charge >= 0.3 is 0 Å². The fourth-order valence-electron chi connectivity index (χ4n) is 2.88. The normalized spacial score (nSPS) is 16.2. The van der Waals surface area contributed by atoms with Gasteiger partial charge in [-0.1, -0.05) is 37.4 Å². The molecule has 0 unspecified atom stereocenters. The number of amides is 1. The first kappa shape index (κ1) is 16.1. The highest BCUT2D eigenvalue weighted by Crippen LogP contribution is 2.23. The van der Waals surface area contributed by atoms with Gasteiger partial charge in [0, 0.05) is 13.1 Å². The largest absolute Gasteiger partial charge is 0.461 e. The summed E-state index contributed by atoms with van der Waals surface area (Å²) in [6.45, 7) is 0. The summed E-state index contributed by atoms with van der Waals surface area (Å²) in [5.74, 6) is 1.78. The zero-order chi connectivity index (χ0) is 16.1. The van der Waals surface area contributed by atoms with E-state index in [0.29, 0.717) is 28.5 Å². The minimum atomic E-state index is 0.0736. The summed E-state index contributed by atoms with van der Waals surface area (Å²) in [6, 6.07) is 4.00. The maximum absolute atomic E-state index is 12.1. The zero-order valence-corrected chi connectivity index (χ0v) is 14.1. The van der Waals surface area contributed by atoms with Crippen molar-refractivity contribution in [2.45, 2.75) is 49.7 Å². The minimum absolute atomic E-state index is 0.0736. The molecule has 3 rings (SSSR count). The lowest BCUT2D eigenvalue weighted by molar-refractivity contribution is -0.119. The molecule has 0 saturated heterocycles. The van der Waals surface area contributed by atoms with Crippen LogP contribution in [0.4, 0.5) is 0 Å². The van der Waals surface area contributed by atoms with Gasteiger partial charge in [-0.25, -0.2) is 0 Å². The molecule has 1 amide bonds. The Morgan fingerprint density at radius 1 is 1.35 bits per heavy atom.